The fraction of sp³-hybridized carbons (Fsp3) is 0.300. The predicted octanol–water partition coefficient (Wildman–Crippen LogP) is 3.70. The van der Waals surface area contributed by atoms with Gasteiger partial charge >= 0.3 is 0 Å². The van der Waals surface area contributed by atoms with Crippen molar-refractivity contribution in [3.63, 3.8) is 0 Å². The maximum absolute atomic E-state index is 13.0. The topological polar surface area (TPSA) is 64.8 Å². The number of nitrogens with zero attached hydrogens (tertiary/aromatic N) is 2. The lowest BCUT2D eigenvalue weighted by atomic mass is 10.1. The highest BCUT2D eigenvalue weighted by Crippen LogP contribution is 2.27. The average Bonchev–Trinajstić information content (AvgIpc) is 2.96. The highest BCUT2D eigenvalue weighted by atomic mass is 35.5. The molecule has 0 unspecified atom stereocenters. The van der Waals surface area contributed by atoms with Crippen molar-refractivity contribution in [3.8, 4) is 5.75 Å². The summed E-state index contributed by atoms with van der Waals surface area (Å²) in [6.07, 6.45) is 0.593. The smallest absolute Gasteiger partial charge is 0.254 e. The van der Waals surface area contributed by atoms with E-state index in [2.05, 4.69) is 4.98 Å². The Balaban J connectivity index is 1.58. The number of benzene rings is 2. The molecule has 0 aliphatic carbocycles. The second-order valence-electron chi connectivity index (χ2n) is 6.36. The van der Waals surface area contributed by atoms with Gasteiger partial charge in [-0.3, -0.25) is 4.79 Å². The lowest BCUT2D eigenvalue weighted by Gasteiger charge is -2.19. The van der Waals surface area contributed by atoms with E-state index in [-0.39, 0.29) is 5.91 Å². The molecule has 6 nitrogen and oxygen atoms in total. The summed E-state index contributed by atoms with van der Waals surface area (Å²) in [5.41, 5.74) is 2.79. The first kappa shape index (κ1) is 17.8. The van der Waals surface area contributed by atoms with Gasteiger partial charge in [0.2, 0.25) is 0 Å². The van der Waals surface area contributed by atoms with Crippen LogP contribution in [-0.4, -0.2) is 42.7 Å². The van der Waals surface area contributed by atoms with Crippen LogP contribution in [0.25, 0.3) is 11.1 Å². The van der Waals surface area contributed by atoms with Crippen LogP contribution in [0.2, 0.25) is 5.02 Å². The number of carbonyl (C=O) groups is 1. The Bertz CT molecular complexity index is 985. The molecular formula is C20H19ClN2O4. The fourth-order valence-corrected chi connectivity index (χ4v) is 3.32. The van der Waals surface area contributed by atoms with Crippen LogP contribution < -0.4 is 4.74 Å². The van der Waals surface area contributed by atoms with E-state index in [0.717, 1.165) is 16.8 Å². The first-order valence-electron chi connectivity index (χ1n) is 8.73. The summed E-state index contributed by atoms with van der Waals surface area (Å²) < 4.78 is 16.5. The molecular weight excluding hydrogens is 368 g/mol. The zero-order valence-corrected chi connectivity index (χ0v) is 15.7. The third kappa shape index (κ3) is 3.77. The molecule has 0 bridgehead atoms. The second-order valence-corrected chi connectivity index (χ2v) is 6.80. The van der Waals surface area contributed by atoms with Crippen molar-refractivity contribution in [3.05, 3.63) is 58.4 Å². The minimum atomic E-state index is -0.0804. The van der Waals surface area contributed by atoms with Crippen molar-refractivity contribution in [2.45, 2.75) is 13.0 Å². The van der Waals surface area contributed by atoms with Crippen molar-refractivity contribution in [2.24, 2.45) is 0 Å². The number of halogens is 1. The molecule has 0 saturated carbocycles. The van der Waals surface area contributed by atoms with E-state index in [1.165, 1.54) is 0 Å². The molecule has 0 fully saturated rings. The third-order valence-electron chi connectivity index (χ3n) is 4.49. The highest BCUT2D eigenvalue weighted by Gasteiger charge is 2.22. The number of methoxy groups -OCH3 is 1. The molecule has 1 aliphatic heterocycles. The summed E-state index contributed by atoms with van der Waals surface area (Å²) in [6.45, 7) is 1.92. The van der Waals surface area contributed by atoms with Crippen LogP contribution in [0.1, 0.15) is 21.8 Å². The van der Waals surface area contributed by atoms with Gasteiger partial charge in [-0.25, -0.2) is 4.98 Å². The normalized spacial score (nSPS) is 13.9. The van der Waals surface area contributed by atoms with E-state index >= 15 is 0 Å². The number of fused-ring (bicyclic) bond motifs is 2. The number of rotatable bonds is 4. The summed E-state index contributed by atoms with van der Waals surface area (Å²) in [5.74, 6) is 1.29. The van der Waals surface area contributed by atoms with Gasteiger partial charge in [-0.2, -0.15) is 0 Å². The zero-order valence-electron chi connectivity index (χ0n) is 14.9. The van der Waals surface area contributed by atoms with Gasteiger partial charge in [0.25, 0.3) is 5.91 Å². The summed E-state index contributed by atoms with van der Waals surface area (Å²) in [5, 5.41) is 0.623. The minimum Gasteiger partial charge on any atom is -0.491 e. The van der Waals surface area contributed by atoms with Gasteiger partial charge in [-0.05, 0) is 36.4 Å². The van der Waals surface area contributed by atoms with Gasteiger partial charge in [0, 0.05) is 36.2 Å². The van der Waals surface area contributed by atoms with E-state index in [9.17, 15) is 4.79 Å². The molecule has 27 heavy (non-hydrogen) atoms. The molecule has 1 aromatic heterocycles. The number of amides is 1. The molecule has 140 valence electrons. The van der Waals surface area contributed by atoms with Gasteiger partial charge in [0.05, 0.1) is 13.2 Å². The fourth-order valence-electron chi connectivity index (χ4n) is 3.12. The van der Waals surface area contributed by atoms with E-state index < -0.39 is 0 Å². The number of ether oxygens (including phenoxy) is 2. The number of oxazole rings is 1. The Kier molecular flexibility index (Phi) is 5.01. The van der Waals surface area contributed by atoms with Crippen LogP contribution in [0.3, 0.4) is 0 Å². The zero-order chi connectivity index (χ0) is 18.8. The molecule has 0 atom stereocenters. The maximum Gasteiger partial charge on any atom is 0.254 e. The van der Waals surface area contributed by atoms with E-state index in [4.69, 9.17) is 25.5 Å². The molecule has 1 amide bonds. The van der Waals surface area contributed by atoms with Crippen LogP contribution in [0.15, 0.2) is 40.8 Å². The Labute approximate surface area is 161 Å². The van der Waals surface area contributed by atoms with E-state index in [1.54, 1.807) is 30.2 Å². The Hall–Kier alpha value is -2.57. The van der Waals surface area contributed by atoms with Crippen LogP contribution in [0, 0.1) is 0 Å². The number of aromatic nitrogens is 1. The van der Waals surface area contributed by atoms with Gasteiger partial charge in [-0.1, -0.05) is 11.6 Å². The Morgan fingerprint density at radius 1 is 1.30 bits per heavy atom. The summed E-state index contributed by atoms with van der Waals surface area (Å²) in [6, 6.07) is 10.8. The van der Waals surface area contributed by atoms with Gasteiger partial charge in [0.15, 0.2) is 11.5 Å². The van der Waals surface area contributed by atoms with Crippen LogP contribution >= 0.6 is 11.6 Å². The predicted molar refractivity (Wildman–Crippen MR) is 101 cm³/mol. The van der Waals surface area contributed by atoms with Crippen LogP contribution in [0.5, 0.6) is 5.75 Å². The molecule has 3 aromatic rings. The first-order valence-corrected chi connectivity index (χ1v) is 9.11. The van der Waals surface area contributed by atoms with Crippen molar-refractivity contribution < 1.29 is 18.7 Å². The van der Waals surface area contributed by atoms with Crippen molar-refractivity contribution >= 4 is 28.6 Å². The SMILES string of the molecule is COCCc1nc2ccc(C(=O)N3CCOc4ccc(Cl)cc4C3)cc2o1. The molecule has 0 saturated heterocycles. The first-order chi connectivity index (χ1) is 13.1. The molecule has 1 aliphatic rings. The number of hydrogen-bond donors (Lipinski definition) is 0. The maximum atomic E-state index is 13.0. The van der Waals surface area contributed by atoms with Crippen LogP contribution in [0.4, 0.5) is 0 Å². The second kappa shape index (κ2) is 7.58. The highest BCUT2D eigenvalue weighted by molar-refractivity contribution is 6.30. The lowest BCUT2D eigenvalue weighted by molar-refractivity contribution is 0.0733. The van der Waals surface area contributed by atoms with Gasteiger partial charge in [0.1, 0.15) is 17.9 Å². The Morgan fingerprint density at radius 3 is 3.04 bits per heavy atom. The largest absolute Gasteiger partial charge is 0.491 e. The molecule has 2 aromatic carbocycles. The van der Waals surface area contributed by atoms with Crippen molar-refractivity contribution in [2.75, 3.05) is 26.9 Å². The third-order valence-corrected chi connectivity index (χ3v) is 4.72. The average molecular weight is 387 g/mol. The molecule has 4 rings (SSSR count). The van der Waals surface area contributed by atoms with E-state index in [1.807, 2.05) is 18.2 Å². The molecule has 0 N–H and O–H groups in total. The summed E-state index contributed by atoms with van der Waals surface area (Å²) in [7, 11) is 1.63. The summed E-state index contributed by atoms with van der Waals surface area (Å²) in [4.78, 5) is 19.2. The standard InChI is InChI=1S/C20H19ClN2O4/c1-25-8-6-19-22-16-4-2-13(11-18(16)27-19)20(24)23-7-9-26-17-5-3-15(21)10-14(17)12-23/h2-5,10-11H,6-9,12H2,1H3. The number of hydrogen-bond acceptors (Lipinski definition) is 5. The molecule has 7 heteroatoms. The minimum absolute atomic E-state index is 0.0804. The monoisotopic (exact) mass is 386 g/mol. The lowest BCUT2D eigenvalue weighted by Crippen LogP contribution is -2.32. The Morgan fingerprint density at radius 2 is 2.19 bits per heavy atom. The van der Waals surface area contributed by atoms with Crippen molar-refractivity contribution in [1.82, 2.24) is 9.88 Å². The van der Waals surface area contributed by atoms with Gasteiger partial charge in [-0.15, -0.1) is 0 Å². The van der Waals surface area contributed by atoms with Crippen LogP contribution in [-0.2, 0) is 17.7 Å². The van der Waals surface area contributed by atoms with Gasteiger partial charge < -0.3 is 18.8 Å². The molecule has 0 radical (unpaired) electrons. The molecule has 2 heterocycles. The van der Waals surface area contributed by atoms with E-state index in [0.29, 0.717) is 54.8 Å². The summed E-state index contributed by atoms with van der Waals surface area (Å²) >= 11 is 6.09. The molecule has 0 spiro atoms. The number of carbonyl (C=O) groups excluding carboxylic acids is 1. The quantitative estimate of drug-likeness (QED) is 0.684. The van der Waals surface area contributed by atoms with Crippen molar-refractivity contribution in [1.29, 1.82) is 0 Å².